The Morgan fingerprint density at radius 2 is 1.79 bits per heavy atom. The number of hydrogen-bond donors (Lipinski definition) is 2. The zero-order valence-electron chi connectivity index (χ0n) is 14.6. The Bertz CT molecular complexity index is 653. The SMILES string of the molecule is CC(=O)SCC(=Cc1ccc(O)cc1O)B1OC(C)(C)C(C)(C)O1. The lowest BCUT2D eigenvalue weighted by Gasteiger charge is -2.32. The molecule has 0 aliphatic carbocycles. The molecular weight excluding hydrogens is 327 g/mol. The van der Waals surface area contributed by atoms with Crippen LogP contribution in [0.5, 0.6) is 11.5 Å². The maximum atomic E-state index is 11.4. The molecule has 0 unspecified atom stereocenters. The Kier molecular flexibility index (Phi) is 5.37. The quantitative estimate of drug-likeness (QED) is 0.811. The van der Waals surface area contributed by atoms with Crippen molar-refractivity contribution in [3.63, 3.8) is 0 Å². The number of hydrogen-bond acceptors (Lipinski definition) is 6. The van der Waals surface area contributed by atoms with Crippen molar-refractivity contribution in [2.75, 3.05) is 5.75 Å². The van der Waals surface area contributed by atoms with E-state index in [1.54, 1.807) is 12.1 Å². The first kappa shape index (κ1) is 18.9. The van der Waals surface area contributed by atoms with Crippen LogP contribution in [0.2, 0.25) is 0 Å². The Morgan fingerprint density at radius 3 is 2.29 bits per heavy atom. The Hall–Kier alpha value is -1.44. The number of rotatable bonds is 4. The van der Waals surface area contributed by atoms with E-state index in [2.05, 4.69) is 0 Å². The van der Waals surface area contributed by atoms with Gasteiger partial charge in [-0.25, -0.2) is 0 Å². The van der Waals surface area contributed by atoms with Crippen LogP contribution in [0.15, 0.2) is 23.7 Å². The second-order valence-electron chi connectivity index (χ2n) is 6.83. The molecule has 1 aliphatic rings. The molecule has 0 bridgehead atoms. The van der Waals surface area contributed by atoms with Crippen LogP contribution in [0.25, 0.3) is 6.08 Å². The van der Waals surface area contributed by atoms with Crippen molar-refractivity contribution in [1.29, 1.82) is 0 Å². The second kappa shape index (κ2) is 6.82. The molecular formula is C17H23BO5S. The van der Waals surface area contributed by atoms with Gasteiger partial charge in [-0.05, 0) is 45.3 Å². The molecule has 0 radical (unpaired) electrons. The fraction of sp³-hybridized carbons (Fsp3) is 0.471. The van der Waals surface area contributed by atoms with E-state index >= 15 is 0 Å². The minimum absolute atomic E-state index is 0.00709. The largest absolute Gasteiger partial charge is 0.508 e. The summed E-state index contributed by atoms with van der Waals surface area (Å²) in [5.74, 6) is 0.337. The highest BCUT2D eigenvalue weighted by molar-refractivity contribution is 8.13. The van der Waals surface area contributed by atoms with E-state index in [4.69, 9.17) is 9.31 Å². The lowest BCUT2D eigenvalue weighted by atomic mass is 9.78. The highest BCUT2D eigenvalue weighted by atomic mass is 32.2. The molecule has 0 atom stereocenters. The molecule has 2 rings (SSSR count). The first-order valence-corrected chi connectivity index (χ1v) is 8.72. The molecule has 1 saturated heterocycles. The number of carbonyl (C=O) groups excluding carboxylic acids is 1. The molecule has 24 heavy (non-hydrogen) atoms. The highest BCUT2D eigenvalue weighted by Gasteiger charge is 2.52. The summed E-state index contributed by atoms with van der Waals surface area (Å²) in [5.41, 5.74) is 0.292. The average Bonchev–Trinajstić information content (AvgIpc) is 2.65. The predicted molar refractivity (Wildman–Crippen MR) is 97.0 cm³/mol. The Labute approximate surface area is 147 Å². The lowest BCUT2D eigenvalue weighted by molar-refractivity contribution is -0.109. The monoisotopic (exact) mass is 350 g/mol. The zero-order valence-corrected chi connectivity index (χ0v) is 15.4. The first-order valence-electron chi connectivity index (χ1n) is 7.73. The third kappa shape index (κ3) is 4.15. The predicted octanol–water partition coefficient (Wildman–Crippen LogP) is 3.39. The van der Waals surface area contributed by atoms with Crippen LogP contribution in [-0.4, -0.2) is 39.4 Å². The van der Waals surface area contributed by atoms with Crippen LogP contribution >= 0.6 is 11.8 Å². The highest BCUT2D eigenvalue weighted by Crippen LogP contribution is 2.39. The summed E-state index contributed by atoms with van der Waals surface area (Å²) < 4.78 is 12.1. The van der Waals surface area contributed by atoms with Gasteiger partial charge >= 0.3 is 7.12 Å². The van der Waals surface area contributed by atoms with Gasteiger partial charge < -0.3 is 19.5 Å². The van der Waals surface area contributed by atoms with Gasteiger partial charge in [0.25, 0.3) is 0 Å². The third-order valence-corrected chi connectivity index (χ3v) is 5.24. The number of aromatic hydroxyl groups is 2. The van der Waals surface area contributed by atoms with Crippen molar-refractivity contribution in [1.82, 2.24) is 0 Å². The molecule has 1 fully saturated rings. The topological polar surface area (TPSA) is 76.0 Å². The van der Waals surface area contributed by atoms with Crippen LogP contribution in [0.3, 0.4) is 0 Å². The molecule has 5 nitrogen and oxygen atoms in total. The second-order valence-corrected chi connectivity index (χ2v) is 7.98. The maximum Gasteiger partial charge on any atom is 0.491 e. The van der Waals surface area contributed by atoms with E-state index in [1.807, 2.05) is 27.7 Å². The van der Waals surface area contributed by atoms with Crippen molar-refractivity contribution in [3.8, 4) is 11.5 Å². The molecule has 1 aliphatic heterocycles. The molecule has 2 N–H and O–H groups in total. The van der Waals surface area contributed by atoms with E-state index in [1.165, 1.54) is 19.1 Å². The molecule has 0 aromatic heterocycles. The van der Waals surface area contributed by atoms with Crippen molar-refractivity contribution in [2.45, 2.75) is 45.8 Å². The van der Waals surface area contributed by atoms with Crippen LogP contribution in [0.4, 0.5) is 0 Å². The average molecular weight is 350 g/mol. The van der Waals surface area contributed by atoms with Gasteiger partial charge in [-0.2, -0.15) is 0 Å². The molecule has 1 heterocycles. The van der Waals surface area contributed by atoms with Crippen LogP contribution < -0.4 is 0 Å². The molecule has 0 amide bonds. The van der Waals surface area contributed by atoms with Gasteiger partial charge in [0, 0.05) is 24.3 Å². The summed E-state index contributed by atoms with van der Waals surface area (Å²) in [7, 11) is -0.602. The van der Waals surface area contributed by atoms with Crippen LogP contribution in [0, 0.1) is 0 Å². The Balaban J connectivity index is 2.35. The van der Waals surface area contributed by atoms with Gasteiger partial charge in [0.2, 0.25) is 0 Å². The smallest absolute Gasteiger partial charge is 0.491 e. The van der Waals surface area contributed by atoms with Gasteiger partial charge in [-0.3, -0.25) is 4.79 Å². The molecule has 1 aromatic carbocycles. The van der Waals surface area contributed by atoms with Crippen molar-refractivity contribution < 1.29 is 24.3 Å². The van der Waals surface area contributed by atoms with E-state index in [9.17, 15) is 15.0 Å². The summed E-state index contributed by atoms with van der Waals surface area (Å²) in [6.07, 6.45) is 1.74. The molecule has 7 heteroatoms. The van der Waals surface area contributed by atoms with E-state index < -0.39 is 18.3 Å². The Morgan fingerprint density at radius 1 is 1.21 bits per heavy atom. The van der Waals surface area contributed by atoms with Crippen LogP contribution in [0.1, 0.15) is 40.2 Å². The number of benzene rings is 1. The molecule has 0 spiro atoms. The molecule has 0 saturated carbocycles. The summed E-state index contributed by atoms with van der Waals surface area (Å²) in [5, 5.41) is 19.4. The van der Waals surface area contributed by atoms with Crippen molar-refractivity contribution >= 4 is 30.1 Å². The van der Waals surface area contributed by atoms with Gasteiger partial charge in [-0.15, -0.1) is 0 Å². The lowest BCUT2D eigenvalue weighted by Crippen LogP contribution is -2.41. The standard InChI is InChI=1S/C17H23BO5S/c1-11(19)24-10-13(8-12-6-7-14(20)9-15(12)21)18-22-16(2,3)17(4,5)23-18/h6-9,20-21H,10H2,1-5H3. The third-order valence-electron chi connectivity index (χ3n) is 4.35. The maximum absolute atomic E-state index is 11.4. The summed E-state index contributed by atoms with van der Waals surface area (Å²) in [6, 6.07) is 4.37. The van der Waals surface area contributed by atoms with Gasteiger partial charge in [0.15, 0.2) is 5.12 Å². The number of phenols is 2. The summed E-state index contributed by atoms with van der Waals surface area (Å²) in [6.45, 7) is 9.34. The van der Waals surface area contributed by atoms with E-state index in [-0.39, 0.29) is 16.6 Å². The normalized spacial score (nSPS) is 19.5. The summed E-state index contributed by atoms with van der Waals surface area (Å²) in [4.78, 5) is 11.4. The van der Waals surface area contributed by atoms with Gasteiger partial charge in [-0.1, -0.05) is 17.8 Å². The minimum Gasteiger partial charge on any atom is -0.508 e. The number of thioether (sulfide) groups is 1. The van der Waals surface area contributed by atoms with E-state index in [0.717, 1.165) is 17.2 Å². The fourth-order valence-corrected chi connectivity index (χ4v) is 2.80. The van der Waals surface area contributed by atoms with Gasteiger partial charge in [0.1, 0.15) is 11.5 Å². The minimum atomic E-state index is -0.602. The first-order chi connectivity index (χ1) is 11.0. The van der Waals surface area contributed by atoms with Crippen LogP contribution in [-0.2, 0) is 14.1 Å². The fourth-order valence-electron chi connectivity index (χ4n) is 2.21. The molecule has 130 valence electrons. The number of carbonyl (C=O) groups is 1. The van der Waals surface area contributed by atoms with Crippen molar-refractivity contribution in [2.24, 2.45) is 0 Å². The zero-order chi connectivity index (χ0) is 18.1. The summed E-state index contributed by atoms with van der Waals surface area (Å²) >= 11 is 1.16. The number of phenolic OH excluding ortho intramolecular Hbond substituents is 2. The van der Waals surface area contributed by atoms with Crippen molar-refractivity contribution in [3.05, 3.63) is 29.2 Å². The molecule has 1 aromatic rings. The van der Waals surface area contributed by atoms with Gasteiger partial charge in [0.05, 0.1) is 11.2 Å². The van der Waals surface area contributed by atoms with E-state index in [0.29, 0.717) is 11.3 Å².